The van der Waals surface area contributed by atoms with Crippen LogP contribution in [0.1, 0.15) is 35.3 Å². The lowest BCUT2D eigenvalue weighted by Crippen LogP contribution is -2.56. The predicted molar refractivity (Wildman–Crippen MR) is 93.4 cm³/mol. The number of piperidine rings is 1. The van der Waals surface area contributed by atoms with Crippen LogP contribution in [0.15, 0.2) is 30.5 Å². The van der Waals surface area contributed by atoms with E-state index in [1.165, 1.54) is 23.6 Å². The molecule has 0 N–H and O–H groups in total. The number of piperazine rings is 1. The van der Waals surface area contributed by atoms with Crippen molar-refractivity contribution in [1.82, 2.24) is 19.6 Å². The number of hydrogen-bond donors (Lipinski definition) is 0. The number of rotatable bonds is 2. The maximum Gasteiger partial charge on any atom is 0.257 e. The van der Waals surface area contributed by atoms with Crippen molar-refractivity contribution in [1.29, 1.82) is 0 Å². The van der Waals surface area contributed by atoms with Gasteiger partial charge in [0.15, 0.2) is 0 Å². The highest BCUT2D eigenvalue weighted by molar-refractivity contribution is 5.95. The first-order valence-electron chi connectivity index (χ1n) is 8.98. The normalized spacial score (nSPS) is 21.2. The quantitative estimate of drug-likeness (QED) is 0.842. The Morgan fingerprint density at radius 2 is 2.04 bits per heavy atom. The molecule has 1 unspecified atom stereocenters. The Hall–Kier alpha value is -2.21. The second kappa shape index (κ2) is 6.59. The molecule has 25 heavy (non-hydrogen) atoms. The first-order valence-corrected chi connectivity index (χ1v) is 8.98. The van der Waals surface area contributed by atoms with Crippen molar-refractivity contribution >= 4 is 5.91 Å². The van der Waals surface area contributed by atoms with Crippen LogP contribution in [-0.2, 0) is 0 Å². The summed E-state index contributed by atoms with van der Waals surface area (Å²) in [7, 11) is 0. The average molecular weight is 342 g/mol. The predicted octanol–water partition coefficient (Wildman–Crippen LogP) is 2.63. The van der Waals surface area contributed by atoms with E-state index in [2.05, 4.69) is 10.00 Å². The van der Waals surface area contributed by atoms with Gasteiger partial charge in [-0.15, -0.1) is 0 Å². The second-order valence-corrected chi connectivity index (χ2v) is 6.94. The molecule has 132 valence electrons. The number of carbonyl (C=O) groups is 1. The minimum atomic E-state index is -0.344. The Bertz CT molecular complexity index is 787. The van der Waals surface area contributed by atoms with Gasteiger partial charge in [0.2, 0.25) is 0 Å². The lowest BCUT2D eigenvalue weighted by atomic mass is 9.99. The van der Waals surface area contributed by atoms with E-state index in [1.54, 1.807) is 24.4 Å². The van der Waals surface area contributed by atoms with Crippen LogP contribution < -0.4 is 0 Å². The lowest BCUT2D eigenvalue weighted by Gasteiger charge is -2.44. The summed E-state index contributed by atoms with van der Waals surface area (Å²) in [6.07, 6.45) is 5.24. The molecule has 1 aromatic carbocycles. The molecule has 0 saturated carbocycles. The highest BCUT2D eigenvalue weighted by Gasteiger charge is 2.32. The fraction of sp³-hybridized carbons (Fsp3) is 0.474. The Kier molecular flexibility index (Phi) is 4.29. The fourth-order valence-electron chi connectivity index (χ4n) is 4.00. The van der Waals surface area contributed by atoms with Gasteiger partial charge in [-0.05, 0) is 38.4 Å². The van der Waals surface area contributed by atoms with Crippen LogP contribution in [0.25, 0.3) is 5.69 Å². The van der Waals surface area contributed by atoms with Crippen molar-refractivity contribution in [2.45, 2.75) is 32.2 Å². The number of para-hydroxylation sites is 1. The van der Waals surface area contributed by atoms with Crippen LogP contribution in [0.2, 0.25) is 0 Å². The number of benzene rings is 1. The molecule has 2 aliphatic heterocycles. The second-order valence-electron chi connectivity index (χ2n) is 6.94. The smallest absolute Gasteiger partial charge is 0.257 e. The molecule has 2 saturated heterocycles. The van der Waals surface area contributed by atoms with Crippen LogP contribution in [0.4, 0.5) is 4.39 Å². The maximum atomic E-state index is 14.0. The summed E-state index contributed by atoms with van der Waals surface area (Å²) in [6, 6.07) is 6.97. The van der Waals surface area contributed by atoms with Gasteiger partial charge in [0.25, 0.3) is 5.91 Å². The topological polar surface area (TPSA) is 41.4 Å². The molecule has 6 heteroatoms. The molecule has 5 nitrogen and oxygen atoms in total. The molecule has 0 bridgehead atoms. The SMILES string of the molecule is Cc1c(C(=O)N2CCN3CCCCC3C2)cnn1-c1ccccc1F. The summed E-state index contributed by atoms with van der Waals surface area (Å²) in [6.45, 7) is 5.44. The minimum Gasteiger partial charge on any atom is -0.336 e. The zero-order valence-corrected chi connectivity index (χ0v) is 14.5. The fourth-order valence-corrected chi connectivity index (χ4v) is 4.00. The summed E-state index contributed by atoms with van der Waals surface area (Å²) in [5, 5.41) is 4.26. The number of aromatic nitrogens is 2. The molecule has 2 fully saturated rings. The van der Waals surface area contributed by atoms with E-state index >= 15 is 0 Å². The van der Waals surface area contributed by atoms with Gasteiger partial charge in [-0.2, -0.15) is 5.10 Å². The third-order valence-electron chi connectivity index (χ3n) is 5.45. The van der Waals surface area contributed by atoms with Gasteiger partial charge in [-0.1, -0.05) is 18.6 Å². The van der Waals surface area contributed by atoms with E-state index in [0.717, 1.165) is 32.6 Å². The van der Waals surface area contributed by atoms with Gasteiger partial charge in [0, 0.05) is 25.7 Å². The number of hydrogen-bond acceptors (Lipinski definition) is 3. The van der Waals surface area contributed by atoms with Gasteiger partial charge < -0.3 is 4.90 Å². The maximum absolute atomic E-state index is 14.0. The van der Waals surface area contributed by atoms with Crippen LogP contribution in [0, 0.1) is 12.7 Å². The van der Waals surface area contributed by atoms with Crippen molar-refractivity contribution < 1.29 is 9.18 Å². The summed E-state index contributed by atoms with van der Waals surface area (Å²) < 4.78 is 15.6. The Morgan fingerprint density at radius 1 is 1.20 bits per heavy atom. The molecule has 1 aromatic heterocycles. The third kappa shape index (κ3) is 2.95. The molecule has 2 aromatic rings. The number of fused-ring (bicyclic) bond motifs is 1. The molecule has 3 heterocycles. The van der Waals surface area contributed by atoms with Crippen molar-refractivity contribution in [3.8, 4) is 5.69 Å². The molecule has 0 spiro atoms. The van der Waals surface area contributed by atoms with Crippen LogP contribution >= 0.6 is 0 Å². The zero-order valence-electron chi connectivity index (χ0n) is 14.5. The van der Waals surface area contributed by atoms with Crippen molar-refractivity contribution in [3.05, 3.63) is 47.5 Å². The zero-order chi connectivity index (χ0) is 17.4. The number of carbonyl (C=O) groups excluding carboxylic acids is 1. The summed E-state index contributed by atoms with van der Waals surface area (Å²) in [5.74, 6) is -0.339. The highest BCUT2D eigenvalue weighted by Crippen LogP contribution is 2.23. The van der Waals surface area contributed by atoms with E-state index in [4.69, 9.17) is 0 Å². The summed E-state index contributed by atoms with van der Waals surface area (Å²) in [4.78, 5) is 17.4. The number of halogens is 1. The average Bonchev–Trinajstić information content (AvgIpc) is 3.02. The van der Waals surface area contributed by atoms with Crippen molar-refractivity contribution in [3.63, 3.8) is 0 Å². The largest absolute Gasteiger partial charge is 0.336 e. The van der Waals surface area contributed by atoms with Crippen molar-refractivity contribution in [2.24, 2.45) is 0 Å². The lowest BCUT2D eigenvalue weighted by molar-refractivity contribution is 0.0372. The molecule has 0 radical (unpaired) electrons. The molecular weight excluding hydrogens is 319 g/mol. The van der Waals surface area contributed by atoms with Gasteiger partial charge in [0.05, 0.1) is 17.5 Å². The molecular formula is C19H23FN4O. The van der Waals surface area contributed by atoms with E-state index in [1.807, 2.05) is 11.8 Å². The minimum absolute atomic E-state index is 0.00492. The van der Waals surface area contributed by atoms with Crippen LogP contribution in [0.5, 0.6) is 0 Å². The van der Waals surface area contributed by atoms with Gasteiger partial charge >= 0.3 is 0 Å². The molecule has 2 aliphatic rings. The van der Waals surface area contributed by atoms with E-state index in [9.17, 15) is 9.18 Å². The molecule has 4 rings (SSSR count). The first-order chi connectivity index (χ1) is 12.1. The third-order valence-corrected chi connectivity index (χ3v) is 5.45. The molecule has 1 amide bonds. The molecule has 0 aliphatic carbocycles. The number of nitrogens with zero attached hydrogens (tertiary/aromatic N) is 4. The van der Waals surface area contributed by atoms with Gasteiger partial charge in [-0.25, -0.2) is 9.07 Å². The monoisotopic (exact) mass is 342 g/mol. The van der Waals surface area contributed by atoms with E-state index in [0.29, 0.717) is 23.0 Å². The van der Waals surface area contributed by atoms with Gasteiger partial charge in [-0.3, -0.25) is 9.69 Å². The van der Waals surface area contributed by atoms with E-state index < -0.39 is 0 Å². The Morgan fingerprint density at radius 3 is 2.88 bits per heavy atom. The molecule has 1 atom stereocenters. The van der Waals surface area contributed by atoms with Crippen molar-refractivity contribution in [2.75, 3.05) is 26.2 Å². The summed E-state index contributed by atoms with van der Waals surface area (Å²) in [5.41, 5.74) is 1.62. The summed E-state index contributed by atoms with van der Waals surface area (Å²) >= 11 is 0. The first kappa shape index (κ1) is 16.3. The highest BCUT2D eigenvalue weighted by atomic mass is 19.1. The van der Waals surface area contributed by atoms with E-state index in [-0.39, 0.29) is 11.7 Å². The van der Waals surface area contributed by atoms with Gasteiger partial charge in [0.1, 0.15) is 11.5 Å². The Labute approximate surface area is 147 Å². The van der Waals surface area contributed by atoms with Crippen LogP contribution in [-0.4, -0.2) is 57.7 Å². The standard InChI is InChI=1S/C19H23FN4O/c1-14-16(12-21-24(14)18-8-3-2-7-17(18)20)19(25)23-11-10-22-9-5-4-6-15(22)13-23/h2-3,7-8,12,15H,4-6,9-11,13H2,1H3. The van der Waals surface area contributed by atoms with Crippen LogP contribution in [0.3, 0.4) is 0 Å². The Balaban J connectivity index is 1.56. The number of amides is 1.